The second-order valence-corrected chi connectivity index (χ2v) is 7.25. The Balaban J connectivity index is 1.57. The van der Waals surface area contributed by atoms with Gasteiger partial charge in [-0.2, -0.15) is 0 Å². The molecule has 1 aromatic carbocycles. The van der Waals surface area contributed by atoms with Crippen LogP contribution in [0.2, 0.25) is 5.02 Å². The maximum Gasteiger partial charge on any atom is 0.258 e. The Kier molecular flexibility index (Phi) is 5.20. The molecular weight excluding hydrogens is 415 g/mol. The molecule has 0 spiro atoms. The highest BCUT2D eigenvalue weighted by Crippen LogP contribution is 2.24. The third-order valence-corrected chi connectivity index (χ3v) is 5.00. The standard InChI is InChI=1S/C20H12ClFN4O2S/c21-13-2-4-15(5-3-13)26-10-12(1-6-18(26)27)19(28)25-20-24-17(11-29-20)16-9-14(22)7-8-23-16/h1-11H,(H,24,25,28). The van der Waals surface area contributed by atoms with Crippen LogP contribution in [0.5, 0.6) is 0 Å². The predicted octanol–water partition coefficient (Wildman–Crippen LogP) is 4.40. The third-order valence-electron chi connectivity index (χ3n) is 3.99. The molecule has 0 aliphatic carbocycles. The highest BCUT2D eigenvalue weighted by Gasteiger charge is 2.13. The van der Waals surface area contributed by atoms with E-state index in [1.165, 1.54) is 52.6 Å². The summed E-state index contributed by atoms with van der Waals surface area (Å²) in [4.78, 5) is 33.1. The Morgan fingerprint density at radius 2 is 1.90 bits per heavy atom. The fourth-order valence-corrected chi connectivity index (χ4v) is 3.41. The van der Waals surface area contributed by atoms with E-state index in [1.807, 2.05) is 0 Å². The molecule has 3 aromatic heterocycles. The van der Waals surface area contributed by atoms with E-state index in [1.54, 1.807) is 29.6 Å². The molecule has 144 valence electrons. The van der Waals surface area contributed by atoms with Gasteiger partial charge in [0.2, 0.25) is 0 Å². The Morgan fingerprint density at radius 1 is 1.10 bits per heavy atom. The monoisotopic (exact) mass is 426 g/mol. The minimum Gasteiger partial charge on any atom is -0.298 e. The van der Waals surface area contributed by atoms with E-state index >= 15 is 0 Å². The van der Waals surface area contributed by atoms with Gasteiger partial charge in [-0.25, -0.2) is 9.37 Å². The lowest BCUT2D eigenvalue weighted by Gasteiger charge is -2.08. The smallest absolute Gasteiger partial charge is 0.258 e. The fraction of sp³-hybridized carbons (Fsp3) is 0. The summed E-state index contributed by atoms with van der Waals surface area (Å²) in [5, 5.41) is 5.23. The normalized spacial score (nSPS) is 10.7. The number of nitrogens with zero attached hydrogens (tertiary/aromatic N) is 3. The molecule has 0 fully saturated rings. The predicted molar refractivity (Wildman–Crippen MR) is 110 cm³/mol. The summed E-state index contributed by atoms with van der Waals surface area (Å²) < 4.78 is 14.7. The van der Waals surface area contributed by atoms with Crippen molar-refractivity contribution in [3.05, 3.63) is 93.1 Å². The first kappa shape index (κ1) is 19.0. The molecule has 0 atom stereocenters. The number of pyridine rings is 2. The Morgan fingerprint density at radius 3 is 2.66 bits per heavy atom. The molecule has 0 aliphatic heterocycles. The molecule has 0 saturated carbocycles. The van der Waals surface area contributed by atoms with E-state index in [0.717, 1.165) is 0 Å². The van der Waals surface area contributed by atoms with Crippen LogP contribution in [0.25, 0.3) is 17.1 Å². The van der Waals surface area contributed by atoms with Crippen molar-refractivity contribution in [2.45, 2.75) is 0 Å². The summed E-state index contributed by atoms with van der Waals surface area (Å²) in [6, 6.07) is 12.0. The minimum absolute atomic E-state index is 0.278. The summed E-state index contributed by atoms with van der Waals surface area (Å²) in [5.74, 6) is -0.848. The SMILES string of the molecule is O=C(Nc1nc(-c2cc(F)ccn2)cs1)c1ccc(=O)n(-c2ccc(Cl)cc2)c1. The molecule has 0 saturated heterocycles. The van der Waals surface area contributed by atoms with Crippen LogP contribution in [0.15, 0.2) is 71.1 Å². The number of thiazole rings is 1. The number of nitrogens with one attached hydrogen (secondary N) is 1. The van der Waals surface area contributed by atoms with Gasteiger partial charge < -0.3 is 0 Å². The van der Waals surface area contributed by atoms with Crippen LogP contribution < -0.4 is 10.9 Å². The number of anilines is 1. The van der Waals surface area contributed by atoms with Crippen LogP contribution >= 0.6 is 22.9 Å². The van der Waals surface area contributed by atoms with Gasteiger partial charge in [0.25, 0.3) is 11.5 Å². The van der Waals surface area contributed by atoms with Gasteiger partial charge in [0, 0.05) is 40.6 Å². The number of hydrogen-bond donors (Lipinski definition) is 1. The number of rotatable bonds is 4. The van der Waals surface area contributed by atoms with Gasteiger partial charge in [-0.15, -0.1) is 11.3 Å². The molecule has 4 aromatic rings. The van der Waals surface area contributed by atoms with E-state index < -0.39 is 11.7 Å². The van der Waals surface area contributed by atoms with E-state index in [2.05, 4.69) is 15.3 Å². The molecule has 0 radical (unpaired) electrons. The lowest BCUT2D eigenvalue weighted by atomic mass is 10.2. The number of carbonyl (C=O) groups is 1. The van der Waals surface area contributed by atoms with E-state index in [9.17, 15) is 14.0 Å². The quantitative estimate of drug-likeness (QED) is 0.524. The molecule has 4 rings (SSSR count). The number of aromatic nitrogens is 3. The van der Waals surface area contributed by atoms with Crippen molar-refractivity contribution in [2.75, 3.05) is 5.32 Å². The average Bonchev–Trinajstić information content (AvgIpc) is 3.17. The minimum atomic E-state index is -0.430. The molecule has 0 aliphatic rings. The van der Waals surface area contributed by atoms with Gasteiger partial charge in [0.1, 0.15) is 11.5 Å². The second-order valence-electron chi connectivity index (χ2n) is 5.95. The van der Waals surface area contributed by atoms with Crippen molar-refractivity contribution in [3.8, 4) is 17.1 Å². The first-order chi connectivity index (χ1) is 14.0. The van der Waals surface area contributed by atoms with Gasteiger partial charge >= 0.3 is 0 Å². The van der Waals surface area contributed by atoms with Crippen molar-refractivity contribution < 1.29 is 9.18 Å². The number of hydrogen-bond acceptors (Lipinski definition) is 5. The van der Waals surface area contributed by atoms with Crippen LogP contribution in [-0.4, -0.2) is 20.4 Å². The summed E-state index contributed by atoms with van der Waals surface area (Å²) in [5.41, 5.74) is 1.41. The van der Waals surface area contributed by atoms with Crippen LogP contribution in [-0.2, 0) is 0 Å². The Labute approximate surface area is 173 Å². The van der Waals surface area contributed by atoms with Crippen LogP contribution in [0.4, 0.5) is 9.52 Å². The number of halogens is 2. The third kappa shape index (κ3) is 4.23. The highest BCUT2D eigenvalue weighted by molar-refractivity contribution is 7.14. The summed E-state index contributed by atoms with van der Waals surface area (Å²) in [7, 11) is 0. The summed E-state index contributed by atoms with van der Waals surface area (Å²) in [6.45, 7) is 0. The second kappa shape index (κ2) is 7.94. The maximum absolute atomic E-state index is 13.4. The van der Waals surface area contributed by atoms with Gasteiger partial charge in [0.15, 0.2) is 5.13 Å². The van der Waals surface area contributed by atoms with Crippen LogP contribution in [0.3, 0.4) is 0 Å². The molecule has 1 amide bonds. The first-order valence-electron chi connectivity index (χ1n) is 8.37. The lowest BCUT2D eigenvalue weighted by molar-refractivity contribution is 0.102. The molecule has 6 nitrogen and oxygen atoms in total. The fourth-order valence-electron chi connectivity index (χ4n) is 2.59. The topological polar surface area (TPSA) is 76.9 Å². The number of carbonyl (C=O) groups excluding carboxylic acids is 1. The summed E-state index contributed by atoms with van der Waals surface area (Å²) in [6.07, 6.45) is 2.80. The van der Waals surface area contributed by atoms with E-state index in [-0.39, 0.29) is 11.1 Å². The number of benzene rings is 1. The maximum atomic E-state index is 13.4. The molecule has 1 N–H and O–H groups in total. The van der Waals surface area contributed by atoms with Crippen molar-refractivity contribution in [2.24, 2.45) is 0 Å². The Hall–Kier alpha value is -3.36. The van der Waals surface area contributed by atoms with Gasteiger partial charge in [-0.05, 0) is 36.4 Å². The van der Waals surface area contributed by atoms with Crippen molar-refractivity contribution in [3.63, 3.8) is 0 Å². The van der Waals surface area contributed by atoms with Crippen molar-refractivity contribution in [1.82, 2.24) is 14.5 Å². The van der Waals surface area contributed by atoms with Crippen LogP contribution in [0.1, 0.15) is 10.4 Å². The molecule has 0 bridgehead atoms. The number of amides is 1. The van der Waals surface area contributed by atoms with Gasteiger partial charge in [0.05, 0.1) is 11.3 Å². The summed E-state index contributed by atoms with van der Waals surface area (Å²) >= 11 is 7.07. The highest BCUT2D eigenvalue weighted by atomic mass is 35.5. The van der Waals surface area contributed by atoms with Gasteiger partial charge in [-0.3, -0.25) is 24.5 Å². The molecular formula is C20H12ClFN4O2S. The largest absolute Gasteiger partial charge is 0.298 e. The Bertz CT molecular complexity index is 1250. The van der Waals surface area contributed by atoms with Crippen molar-refractivity contribution in [1.29, 1.82) is 0 Å². The molecule has 0 unspecified atom stereocenters. The van der Waals surface area contributed by atoms with Crippen molar-refractivity contribution >= 4 is 34.0 Å². The van der Waals surface area contributed by atoms with Crippen LogP contribution in [0, 0.1) is 5.82 Å². The molecule has 29 heavy (non-hydrogen) atoms. The first-order valence-corrected chi connectivity index (χ1v) is 9.63. The zero-order valence-electron chi connectivity index (χ0n) is 14.7. The van der Waals surface area contributed by atoms with E-state index in [0.29, 0.717) is 27.2 Å². The molecule has 3 heterocycles. The lowest BCUT2D eigenvalue weighted by Crippen LogP contribution is -2.20. The average molecular weight is 427 g/mol. The van der Waals surface area contributed by atoms with E-state index in [4.69, 9.17) is 11.6 Å². The molecule has 9 heteroatoms. The van der Waals surface area contributed by atoms with Gasteiger partial charge in [-0.1, -0.05) is 11.6 Å². The zero-order chi connectivity index (χ0) is 20.4. The zero-order valence-corrected chi connectivity index (χ0v) is 16.2.